The normalized spacial score (nSPS) is 18.6. The van der Waals surface area contributed by atoms with Gasteiger partial charge in [0.1, 0.15) is 5.82 Å². The van der Waals surface area contributed by atoms with Crippen molar-refractivity contribution >= 4 is 21.6 Å². The zero-order valence-electron chi connectivity index (χ0n) is 17.3. The Balaban J connectivity index is 1.53. The molecule has 0 saturated carbocycles. The van der Waals surface area contributed by atoms with Gasteiger partial charge in [-0.3, -0.25) is 9.89 Å². The molecule has 0 bridgehead atoms. The first-order chi connectivity index (χ1) is 14.3. The number of aromatic nitrogens is 2. The summed E-state index contributed by atoms with van der Waals surface area (Å²) in [7, 11) is -1.47. The molecule has 4 rings (SSSR count). The van der Waals surface area contributed by atoms with E-state index in [1.165, 1.54) is 4.90 Å². The summed E-state index contributed by atoms with van der Waals surface area (Å²) in [6.45, 7) is 2.73. The average Bonchev–Trinajstić information content (AvgIpc) is 3.19. The largest absolute Gasteiger partial charge is 0.315 e. The van der Waals surface area contributed by atoms with Crippen molar-refractivity contribution < 1.29 is 17.6 Å². The molecule has 162 valence electrons. The van der Waals surface area contributed by atoms with Gasteiger partial charge in [-0.15, -0.1) is 0 Å². The number of fused-ring (bicyclic) bond motifs is 1. The van der Waals surface area contributed by atoms with Crippen molar-refractivity contribution in [1.29, 1.82) is 0 Å². The molecule has 2 aromatic rings. The number of carbonyl (C=O) groups excluding carboxylic acids is 1. The van der Waals surface area contributed by atoms with Crippen LogP contribution >= 0.6 is 0 Å². The minimum absolute atomic E-state index is 0.00784. The lowest BCUT2D eigenvalue weighted by Gasteiger charge is -2.31. The highest BCUT2D eigenvalue weighted by molar-refractivity contribution is 7.89. The number of carbonyl (C=O) groups is 1. The van der Waals surface area contributed by atoms with Crippen molar-refractivity contribution in [2.45, 2.75) is 39.0 Å². The third-order valence-electron chi connectivity index (χ3n) is 6.36. The third-order valence-corrected chi connectivity index (χ3v) is 8.24. The van der Waals surface area contributed by atoms with E-state index in [0.717, 1.165) is 24.8 Å². The predicted octanol–water partition coefficient (Wildman–Crippen LogP) is 2.73. The fourth-order valence-electron chi connectivity index (χ4n) is 4.47. The van der Waals surface area contributed by atoms with Crippen LogP contribution < -0.4 is 4.90 Å². The second-order valence-corrected chi connectivity index (χ2v) is 10.3. The molecule has 1 fully saturated rings. The second kappa shape index (κ2) is 8.11. The van der Waals surface area contributed by atoms with Crippen LogP contribution in [0.5, 0.6) is 0 Å². The molecule has 7 nitrogen and oxygen atoms in total. The lowest BCUT2D eigenvalue weighted by atomic mass is 9.89. The SMILES string of the molecule is CCS(=O)(=O)N1CCC(Cc2c[nH]nc2-c2ccc3c(c2F)CCC(=O)N3C)CC1. The molecule has 0 aliphatic carbocycles. The van der Waals surface area contributed by atoms with Gasteiger partial charge in [0.25, 0.3) is 0 Å². The first-order valence-corrected chi connectivity index (χ1v) is 12.0. The Bertz CT molecular complexity index is 1060. The topological polar surface area (TPSA) is 86.4 Å². The summed E-state index contributed by atoms with van der Waals surface area (Å²) >= 11 is 0. The highest BCUT2D eigenvalue weighted by Crippen LogP contribution is 2.36. The number of nitrogens with zero attached hydrogens (tertiary/aromatic N) is 3. The van der Waals surface area contributed by atoms with Crippen molar-refractivity contribution in [3.63, 3.8) is 0 Å². The lowest BCUT2D eigenvalue weighted by Crippen LogP contribution is -2.39. The third kappa shape index (κ3) is 3.76. The van der Waals surface area contributed by atoms with Gasteiger partial charge in [-0.1, -0.05) is 0 Å². The first-order valence-electron chi connectivity index (χ1n) is 10.4. The van der Waals surface area contributed by atoms with Gasteiger partial charge in [-0.2, -0.15) is 5.10 Å². The number of nitrogens with one attached hydrogen (secondary N) is 1. The molecule has 0 radical (unpaired) electrons. The number of amides is 1. The van der Waals surface area contributed by atoms with Gasteiger partial charge < -0.3 is 4.90 Å². The fourth-order valence-corrected chi connectivity index (χ4v) is 5.60. The molecule has 30 heavy (non-hydrogen) atoms. The van der Waals surface area contributed by atoms with E-state index in [1.54, 1.807) is 36.6 Å². The van der Waals surface area contributed by atoms with Gasteiger partial charge in [-0.25, -0.2) is 17.1 Å². The van der Waals surface area contributed by atoms with E-state index in [4.69, 9.17) is 0 Å². The minimum atomic E-state index is -3.14. The monoisotopic (exact) mass is 434 g/mol. The molecular weight excluding hydrogens is 407 g/mol. The molecule has 1 aromatic carbocycles. The molecule has 9 heteroatoms. The van der Waals surface area contributed by atoms with E-state index >= 15 is 4.39 Å². The number of halogens is 1. The summed E-state index contributed by atoms with van der Waals surface area (Å²) in [5.41, 5.74) is 3.15. The number of piperidine rings is 1. The van der Waals surface area contributed by atoms with Crippen molar-refractivity contribution in [1.82, 2.24) is 14.5 Å². The number of benzene rings is 1. The zero-order valence-corrected chi connectivity index (χ0v) is 18.1. The van der Waals surface area contributed by atoms with E-state index in [9.17, 15) is 13.2 Å². The number of hydrogen-bond acceptors (Lipinski definition) is 4. The standard InChI is InChI=1S/C21H27FN4O3S/c1-3-30(28,29)26-10-8-14(9-11-26)12-15-13-23-24-21(15)17-4-6-18-16(20(17)22)5-7-19(27)25(18)2/h4,6,13-14H,3,5,7-12H2,1-2H3,(H,23,24). The molecule has 1 saturated heterocycles. The van der Waals surface area contributed by atoms with Crippen LogP contribution in [0.1, 0.15) is 37.3 Å². The van der Waals surface area contributed by atoms with Gasteiger partial charge in [0.2, 0.25) is 15.9 Å². The molecule has 0 atom stereocenters. The Kier molecular flexibility index (Phi) is 5.67. The van der Waals surface area contributed by atoms with E-state index in [2.05, 4.69) is 10.2 Å². The highest BCUT2D eigenvalue weighted by atomic mass is 32.2. The van der Waals surface area contributed by atoms with Crippen LogP contribution in [-0.4, -0.2) is 54.7 Å². The number of rotatable bonds is 5. The minimum Gasteiger partial charge on any atom is -0.315 e. The van der Waals surface area contributed by atoms with Crippen LogP contribution in [0.25, 0.3) is 11.3 Å². The smallest absolute Gasteiger partial charge is 0.227 e. The Labute approximate surface area is 176 Å². The Morgan fingerprint density at radius 1 is 1.23 bits per heavy atom. The van der Waals surface area contributed by atoms with Gasteiger partial charge in [-0.05, 0) is 56.2 Å². The second-order valence-electron chi connectivity index (χ2n) is 8.08. The molecule has 3 heterocycles. The molecule has 1 amide bonds. The first kappa shape index (κ1) is 21.0. The van der Waals surface area contributed by atoms with E-state index in [-0.39, 0.29) is 17.5 Å². The van der Waals surface area contributed by atoms with E-state index in [0.29, 0.717) is 54.4 Å². The van der Waals surface area contributed by atoms with Crippen molar-refractivity contribution in [3.8, 4) is 11.3 Å². The van der Waals surface area contributed by atoms with Gasteiger partial charge in [0.15, 0.2) is 0 Å². The Morgan fingerprint density at radius 2 is 1.97 bits per heavy atom. The van der Waals surface area contributed by atoms with Crippen molar-refractivity contribution in [2.24, 2.45) is 5.92 Å². The molecule has 0 spiro atoms. The molecule has 2 aliphatic rings. The van der Waals surface area contributed by atoms with Crippen LogP contribution in [0.4, 0.5) is 10.1 Å². The summed E-state index contributed by atoms with van der Waals surface area (Å²) in [6, 6.07) is 3.48. The van der Waals surface area contributed by atoms with Crippen LogP contribution in [0.15, 0.2) is 18.3 Å². The predicted molar refractivity (Wildman–Crippen MR) is 113 cm³/mol. The van der Waals surface area contributed by atoms with Crippen LogP contribution in [-0.2, 0) is 27.7 Å². The lowest BCUT2D eigenvalue weighted by molar-refractivity contribution is -0.118. The quantitative estimate of drug-likeness (QED) is 0.784. The summed E-state index contributed by atoms with van der Waals surface area (Å²) < 4.78 is 41.0. The van der Waals surface area contributed by atoms with E-state index in [1.807, 2.05) is 0 Å². The molecule has 1 aromatic heterocycles. The summed E-state index contributed by atoms with van der Waals surface area (Å²) in [6.07, 6.45) is 4.78. The van der Waals surface area contributed by atoms with E-state index < -0.39 is 10.0 Å². The molecule has 1 N–H and O–H groups in total. The molecule has 2 aliphatic heterocycles. The maximum absolute atomic E-state index is 15.3. The van der Waals surface area contributed by atoms with Gasteiger partial charge >= 0.3 is 0 Å². The summed E-state index contributed by atoms with van der Waals surface area (Å²) in [5, 5.41) is 7.18. The van der Waals surface area contributed by atoms with Crippen molar-refractivity contribution in [3.05, 3.63) is 35.3 Å². The Morgan fingerprint density at radius 3 is 2.67 bits per heavy atom. The van der Waals surface area contributed by atoms with Crippen molar-refractivity contribution in [2.75, 3.05) is 30.8 Å². The highest BCUT2D eigenvalue weighted by Gasteiger charge is 2.29. The summed E-state index contributed by atoms with van der Waals surface area (Å²) in [5.74, 6) is 0.131. The Hall–Kier alpha value is -2.26. The number of hydrogen-bond donors (Lipinski definition) is 1. The van der Waals surface area contributed by atoms with Gasteiger partial charge in [0.05, 0.1) is 11.4 Å². The summed E-state index contributed by atoms with van der Waals surface area (Å²) in [4.78, 5) is 13.4. The average molecular weight is 435 g/mol. The van der Waals surface area contributed by atoms with Crippen LogP contribution in [0.2, 0.25) is 0 Å². The number of sulfonamides is 1. The number of H-pyrrole nitrogens is 1. The maximum atomic E-state index is 15.3. The maximum Gasteiger partial charge on any atom is 0.227 e. The van der Waals surface area contributed by atoms with Crippen LogP contribution in [0, 0.1) is 11.7 Å². The van der Waals surface area contributed by atoms with Crippen LogP contribution in [0.3, 0.4) is 0 Å². The number of anilines is 1. The molecular formula is C21H27FN4O3S. The van der Waals surface area contributed by atoms with Gasteiger partial charge in [0, 0.05) is 49.6 Å². The number of aromatic amines is 1. The molecule has 0 unspecified atom stereocenters. The fraction of sp³-hybridized carbons (Fsp3) is 0.524. The zero-order chi connectivity index (χ0) is 21.5.